The van der Waals surface area contributed by atoms with Crippen molar-refractivity contribution >= 4 is 11.6 Å². The van der Waals surface area contributed by atoms with E-state index in [0.717, 1.165) is 16.7 Å². The summed E-state index contributed by atoms with van der Waals surface area (Å²) in [5, 5.41) is 0.317. The van der Waals surface area contributed by atoms with Crippen LogP contribution in [0.2, 0.25) is 5.02 Å². The summed E-state index contributed by atoms with van der Waals surface area (Å²) in [5.74, 6) is 0.266. The van der Waals surface area contributed by atoms with E-state index in [9.17, 15) is 4.39 Å². The maximum atomic E-state index is 14.0. The first-order chi connectivity index (χ1) is 9.47. The molecule has 0 aliphatic carbocycles. The Morgan fingerprint density at radius 1 is 1.20 bits per heavy atom. The van der Waals surface area contributed by atoms with E-state index >= 15 is 0 Å². The molecule has 2 rings (SSSR count). The molecule has 2 aromatic rings. The van der Waals surface area contributed by atoms with Crippen molar-refractivity contribution in [1.29, 1.82) is 0 Å². The molecular formula is C16H17ClFNO. The van der Waals surface area contributed by atoms with Crippen LogP contribution in [0.25, 0.3) is 0 Å². The largest absolute Gasteiger partial charge is 0.496 e. The average molecular weight is 294 g/mol. The predicted octanol–water partition coefficient (Wildman–Crippen LogP) is 4.15. The van der Waals surface area contributed by atoms with Gasteiger partial charge in [0.25, 0.3) is 0 Å². The smallest absolute Gasteiger partial charge is 0.129 e. The lowest BCUT2D eigenvalue weighted by Crippen LogP contribution is -2.16. The number of hydrogen-bond donors (Lipinski definition) is 1. The quantitative estimate of drug-likeness (QED) is 0.922. The van der Waals surface area contributed by atoms with Gasteiger partial charge in [-0.1, -0.05) is 29.8 Å². The van der Waals surface area contributed by atoms with Crippen LogP contribution in [0.3, 0.4) is 0 Å². The Hall–Kier alpha value is -1.58. The van der Waals surface area contributed by atoms with Crippen LogP contribution in [0, 0.1) is 19.7 Å². The van der Waals surface area contributed by atoms with Crippen LogP contribution in [0.15, 0.2) is 30.3 Å². The SMILES string of the molecule is COc1c(C(N)c2c(F)cccc2Cl)ccc(C)c1C. The van der Waals surface area contributed by atoms with Crippen molar-refractivity contribution in [1.82, 2.24) is 0 Å². The molecule has 0 fully saturated rings. The Labute approximate surface area is 123 Å². The Kier molecular flexibility index (Phi) is 4.31. The van der Waals surface area contributed by atoms with Crippen molar-refractivity contribution in [3.63, 3.8) is 0 Å². The predicted molar refractivity (Wildman–Crippen MR) is 79.9 cm³/mol. The zero-order chi connectivity index (χ0) is 14.9. The van der Waals surface area contributed by atoms with Crippen LogP contribution >= 0.6 is 11.6 Å². The maximum absolute atomic E-state index is 14.0. The Bertz CT molecular complexity index is 622. The molecule has 106 valence electrons. The summed E-state index contributed by atoms with van der Waals surface area (Å²) in [6.07, 6.45) is 0. The first kappa shape index (κ1) is 14.8. The van der Waals surface area contributed by atoms with Gasteiger partial charge in [0.2, 0.25) is 0 Å². The van der Waals surface area contributed by atoms with Gasteiger partial charge in [-0.25, -0.2) is 4.39 Å². The third-order valence-corrected chi connectivity index (χ3v) is 3.89. The van der Waals surface area contributed by atoms with E-state index in [1.807, 2.05) is 26.0 Å². The van der Waals surface area contributed by atoms with Crippen molar-refractivity contribution in [2.45, 2.75) is 19.9 Å². The molecule has 0 saturated heterocycles. The summed E-state index contributed by atoms with van der Waals surface area (Å²) < 4.78 is 19.4. The molecule has 2 aromatic carbocycles. The van der Waals surface area contributed by atoms with Gasteiger partial charge in [0, 0.05) is 16.1 Å². The molecule has 20 heavy (non-hydrogen) atoms. The summed E-state index contributed by atoms with van der Waals surface area (Å²) in [5.41, 5.74) is 9.31. The zero-order valence-electron chi connectivity index (χ0n) is 11.7. The molecule has 1 atom stereocenters. The van der Waals surface area contributed by atoms with Crippen LogP contribution < -0.4 is 10.5 Å². The fourth-order valence-corrected chi connectivity index (χ4v) is 2.57. The highest BCUT2D eigenvalue weighted by molar-refractivity contribution is 6.31. The number of benzene rings is 2. The topological polar surface area (TPSA) is 35.2 Å². The fraction of sp³-hybridized carbons (Fsp3) is 0.250. The van der Waals surface area contributed by atoms with E-state index in [1.165, 1.54) is 6.07 Å². The lowest BCUT2D eigenvalue weighted by molar-refractivity contribution is 0.404. The van der Waals surface area contributed by atoms with E-state index < -0.39 is 11.9 Å². The Morgan fingerprint density at radius 2 is 1.90 bits per heavy atom. The van der Waals surface area contributed by atoms with Gasteiger partial charge in [-0.3, -0.25) is 0 Å². The number of halogens is 2. The highest BCUT2D eigenvalue weighted by Gasteiger charge is 2.21. The monoisotopic (exact) mass is 293 g/mol. The van der Waals surface area contributed by atoms with E-state index in [1.54, 1.807) is 19.2 Å². The van der Waals surface area contributed by atoms with Gasteiger partial charge in [0.15, 0.2) is 0 Å². The molecule has 0 bridgehead atoms. The summed E-state index contributed by atoms with van der Waals surface area (Å²) in [6, 6.07) is 7.68. The summed E-state index contributed by atoms with van der Waals surface area (Å²) in [4.78, 5) is 0. The van der Waals surface area contributed by atoms with Crippen molar-refractivity contribution in [3.8, 4) is 5.75 Å². The molecule has 0 radical (unpaired) electrons. The number of rotatable bonds is 3. The highest BCUT2D eigenvalue weighted by atomic mass is 35.5. The van der Waals surface area contributed by atoms with Crippen LogP contribution in [0.4, 0.5) is 4.39 Å². The third-order valence-electron chi connectivity index (χ3n) is 3.56. The Morgan fingerprint density at radius 3 is 2.50 bits per heavy atom. The van der Waals surface area contributed by atoms with Crippen LogP contribution in [0.5, 0.6) is 5.75 Å². The second kappa shape index (κ2) is 5.81. The molecule has 0 saturated carbocycles. The van der Waals surface area contributed by atoms with Gasteiger partial charge in [0.1, 0.15) is 11.6 Å². The molecular weight excluding hydrogens is 277 g/mol. The van der Waals surface area contributed by atoms with E-state index in [4.69, 9.17) is 22.1 Å². The van der Waals surface area contributed by atoms with Crippen molar-refractivity contribution in [2.75, 3.05) is 7.11 Å². The number of aryl methyl sites for hydroxylation is 1. The number of hydrogen-bond acceptors (Lipinski definition) is 2. The van der Waals surface area contributed by atoms with Gasteiger partial charge < -0.3 is 10.5 Å². The summed E-state index contributed by atoms with van der Waals surface area (Å²) in [6.45, 7) is 3.94. The summed E-state index contributed by atoms with van der Waals surface area (Å²) >= 11 is 6.08. The minimum Gasteiger partial charge on any atom is -0.496 e. The minimum absolute atomic E-state index is 0.288. The normalized spacial score (nSPS) is 12.3. The maximum Gasteiger partial charge on any atom is 0.129 e. The van der Waals surface area contributed by atoms with E-state index in [2.05, 4.69) is 0 Å². The molecule has 0 aromatic heterocycles. The van der Waals surface area contributed by atoms with Crippen LogP contribution in [-0.4, -0.2) is 7.11 Å². The molecule has 0 heterocycles. The van der Waals surface area contributed by atoms with Crippen molar-refractivity contribution < 1.29 is 9.13 Å². The molecule has 0 amide bonds. The number of ether oxygens (including phenoxy) is 1. The second-order valence-electron chi connectivity index (χ2n) is 4.74. The third kappa shape index (κ3) is 2.51. The fourth-order valence-electron chi connectivity index (χ4n) is 2.29. The molecule has 2 nitrogen and oxygen atoms in total. The molecule has 0 aliphatic heterocycles. The standard InChI is InChI=1S/C16H17ClFNO/c1-9-7-8-11(16(20-3)10(9)2)15(19)14-12(17)5-4-6-13(14)18/h4-8,15H,19H2,1-3H3. The summed E-state index contributed by atoms with van der Waals surface area (Å²) in [7, 11) is 1.58. The Balaban J connectivity index is 2.60. The van der Waals surface area contributed by atoms with Crippen LogP contribution in [0.1, 0.15) is 28.3 Å². The highest BCUT2D eigenvalue weighted by Crippen LogP contribution is 2.36. The lowest BCUT2D eigenvalue weighted by Gasteiger charge is -2.20. The molecule has 0 spiro atoms. The molecule has 4 heteroatoms. The molecule has 0 aliphatic rings. The first-order valence-electron chi connectivity index (χ1n) is 6.31. The van der Waals surface area contributed by atoms with Gasteiger partial charge >= 0.3 is 0 Å². The lowest BCUT2D eigenvalue weighted by atomic mass is 9.94. The van der Waals surface area contributed by atoms with E-state index in [-0.39, 0.29) is 5.56 Å². The van der Waals surface area contributed by atoms with Crippen molar-refractivity contribution in [3.05, 3.63) is 63.4 Å². The van der Waals surface area contributed by atoms with Crippen molar-refractivity contribution in [2.24, 2.45) is 5.73 Å². The van der Waals surface area contributed by atoms with Gasteiger partial charge in [-0.2, -0.15) is 0 Å². The minimum atomic E-state index is -0.669. The van der Waals surface area contributed by atoms with Gasteiger partial charge in [-0.15, -0.1) is 0 Å². The number of methoxy groups -OCH3 is 1. The first-order valence-corrected chi connectivity index (χ1v) is 6.68. The van der Waals surface area contributed by atoms with E-state index in [0.29, 0.717) is 10.8 Å². The van der Waals surface area contributed by atoms with Gasteiger partial charge in [-0.05, 0) is 37.1 Å². The second-order valence-corrected chi connectivity index (χ2v) is 5.15. The zero-order valence-corrected chi connectivity index (χ0v) is 12.5. The molecule has 2 N–H and O–H groups in total. The average Bonchev–Trinajstić information content (AvgIpc) is 2.41. The van der Waals surface area contributed by atoms with Crippen LogP contribution in [-0.2, 0) is 0 Å². The van der Waals surface area contributed by atoms with Gasteiger partial charge in [0.05, 0.1) is 13.2 Å². The molecule has 1 unspecified atom stereocenters. The number of nitrogens with two attached hydrogens (primary N) is 1.